The van der Waals surface area contributed by atoms with E-state index < -0.39 is 0 Å². The van der Waals surface area contributed by atoms with Gasteiger partial charge >= 0.3 is 0 Å². The van der Waals surface area contributed by atoms with Crippen LogP contribution in [0.1, 0.15) is 27.4 Å². The number of piperidine rings is 1. The van der Waals surface area contributed by atoms with E-state index in [1.807, 2.05) is 12.1 Å². The molecule has 0 radical (unpaired) electrons. The van der Waals surface area contributed by atoms with Crippen LogP contribution in [-0.2, 0) is 11.3 Å². The Labute approximate surface area is 92.7 Å². The molecule has 2 rings (SSSR count). The molecular weight excluding hydrogens is 210 g/mol. The minimum absolute atomic E-state index is 0.367. The molecule has 1 fully saturated rings. The molecule has 0 aromatic carbocycles. The minimum Gasteiger partial charge on any atom is -0.300 e. The number of Topliss-reactive ketones (excluding diaryl/α,β-unsaturated/α-hetero) is 1. The summed E-state index contributed by atoms with van der Waals surface area (Å²) in [6, 6.07) is 3.84. The second-order valence-electron chi connectivity index (χ2n) is 3.74. The van der Waals surface area contributed by atoms with Crippen molar-refractivity contribution in [3.05, 3.63) is 21.9 Å². The van der Waals surface area contributed by atoms with Gasteiger partial charge in [0.05, 0.1) is 4.88 Å². The highest BCUT2D eigenvalue weighted by Gasteiger charge is 2.16. The number of ketones is 1. The van der Waals surface area contributed by atoms with E-state index in [4.69, 9.17) is 0 Å². The van der Waals surface area contributed by atoms with Crippen LogP contribution in [0.25, 0.3) is 0 Å². The third-order valence-electron chi connectivity index (χ3n) is 2.59. The average Bonchev–Trinajstić information content (AvgIpc) is 2.69. The van der Waals surface area contributed by atoms with Gasteiger partial charge in [-0.2, -0.15) is 0 Å². The molecule has 3 nitrogen and oxygen atoms in total. The summed E-state index contributed by atoms with van der Waals surface area (Å²) in [5, 5.41) is 0. The van der Waals surface area contributed by atoms with E-state index in [1.165, 1.54) is 16.2 Å². The van der Waals surface area contributed by atoms with Crippen molar-refractivity contribution in [3.63, 3.8) is 0 Å². The number of carbonyl (C=O) groups excluding carboxylic acids is 2. The van der Waals surface area contributed by atoms with Gasteiger partial charge in [-0.1, -0.05) is 0 Å². The maximum Gasteiger partial charge on any atom is 0.160 e. The van der Waals surface area contributed by atoms with Crippen LogP contribution in [-0.4, -0.2) is 30.1 Å². The summed E-state index contributed by atoms with van der Waals surface area (Å²) in [6.07, 6.45) is 2.23. The number of likely N-dealkylation sites (tertiary alicyclic amines) is 1. The molecule has 4 heteroatoms. The molecule has 2 heterocycles. The first kappa shape index (κ1) is 10.5. The summed E-state index contributed by atoms with van der Waals surface area (Å²) in [5.41, 5.74) is 0. The minimum atomic E-state index is 0.367. The second-order valence-corrected chi connectivity index (χ2v) is 4.94. The van der Waals surface area contributed by atoms with Crippen molar-refractivity contribution in [3.8, 4) is 0 Å². The van der Waals surface area contributed by atoms with Crippen LogP contribution >= 0.6 is 11.3 Å². The van der Waals surface area contributed by atoms with Crippen LogP contribution in [0.3, 0.4) is 0 Å². The topological polar surface area (TPSA) is 37.4 Å². The van der Waals surface area contributed by atoms with Crippen LogP contribution in [0.2, 0.25) is 0 Å². The van der Waals surface area contributed by atoms with Gasteiger partial charge in [-0.05, 0) is 12.1 Å². The predicted molar refractivity (Wildman–Crippen MR) is 59.2 cm³/mol. The Morgan fingerprint density at radius 1 is 1.33 bits per heavy atom. The van der Waals surface area contributed by atoms with Gasteiger partial charge in [0.2, 0.25) is 0 Å². The molecule has 0 unspecified atom stereocenters. The molecule has 0 aliphatic carbocycles. The van der Waals surface area contributed by atoms with Gasteiger partial charge in [0.25, 0.3) is 0 Å². The highest BCUT2D eigenvalue weighted by atomic mass is 32.1. The number of aldehydes is 1. The average molecular weight is 223 g/mol. The van der Waals surface area contributed by atoms with Crippen LogP contribution in [0.15, 0.2) is 12.1 Å². The highest BCUT2D eigenvalue weighted by molar-refractivity contribution is 7.13. The van der Waals surface area contributed by atoms with E-state index in [0.29, 0.717) is 18.6 Å². The molecule has 0 spiro atoms. The quantitative estimate of drug-likeness (QED) is 0.732. The molecule has 1 aliphatic heterocycles. The van der Waals surface area contributed by atoms with E-state index in [2.05, 4.69) is 4.90 Å². The Bertz CT molecular complexity index is 362. The molecule has 0 bridgehead atoms. The molecule has 1 aromatic rings. The zero-order valence-electron chi connectivity index (χ0n) is 8.44. The Hall–Kier alpha value is -1.00. The largest absolute Gasteiger partial charge is 0.300 e. The molecule has 1 aromatic heterocycles. The summed E-state index contributed by atoms with van der Waals surface area (Å²) in [4.78, 5) is 25.8. The number of nitrogens with zero attached hydrogens (tertiary/aromatic N) is 1. The zero-order chi connectivity index (χ0) is 10.7. The molecule has 80 valence electrons. The number of hydrogen-bond acceptors (Lipinski definition) is 4. The first-order valence-electron chi connectivity index (χ1n) is 5.06. The Kier molecular flexibility index (Phi) is 3.28. The fourth-order valence-electron chi connectivity index (χ4n) is 1.72. The smallest absolute Gasteiger partial charge is 0.160 e. The third-order valence-corrected chi connectivity index (χ3v) is 3.59. The second kappa shape index (κ2) is 4.68. The molecule has 1 saturated heterocycles. The van der Waals surface area contributed by atoms with Crippen molar-refractivity contribution >= 4 is 23.4 Å². The number of thiophene rings is 1. The highest BCUT2D eigenvalue weighted by Crippen LogP contribution is 2.18. The summed E-state index contributed by atoms with van der Waals surface area (Å²) in [6.45, 7) is 2.58. The van der Waals surface area contributed by atoms with Crippen molar-refractivity contribution in [2.45, 2.75) is 19.4 Å². The molecular formula is C11H13NO2S. The first-order chi connectivity index (χ1) is 7.28. The van der Waals surface area contributed by atoms with Gasteiger partial charge in [-0.15, -0.1) is 11.3 Å². The molecule has 0 saturated carbocycles. The van der Waals surface area contributed by atoms with Crippen LogP contribution in [0.4, 0.5) is 0 Å². The molecule has 0 amide bonds. The SMILES string of the molecule is O=Cc1ccc(CN2CCC(=O)CC2)s1. The van der Waals surface area contributed by atoms with E-state index in [-0.39, 0.29) is 0 Å². The predicted octanol–water partition coefficient (Wildman–Crippen LogP) is 1.73. The first-order valence-corrected chi connectivity index (χ1v) is 5.87. The lowest BCUT2D eigenvalue weighted by molar-refractivity contribution is -0.121. The molecule has 0 atom stereocenters. The Balaban J connectivity index is 1.91. The molecule has 0 N–H and O–H groups in total. The van der Waals surface area contributed by atoms with Gasteiger partial charge in [0.1, 0.15) is 5.78 Å². The fraction of sp³-hybridized carbons (Fsp3) is 0.455. The Morgan fingerprint density at radius 3 is 2.67 bits per heavy atom. The summed E-state index contributed by atoms with van der Waals surface area (Å²) < 4.78 is 0. The van der Waals surface area contributed by atoms with Crippen molar-refractivity contribution in [2.75, 3.05) is 13.1 Å². The van der Waals surface area contributed by atoms with E-state index in [1.54, 1.807) is 0 Å². The van der Waals surface area contributed by atoms with Crippen molar-refractivity contribution in [1.82, 2.24) is 4.90 Å². The maximum absolute atomic E-state index is 11.0. The van der Waals surface area contributed by atoms with Crippen molar-refractivity contribution in [1.29, 1.82) is 0 Å². The van der Waals surface area contributed by atoms with Gasteiger partial charge in [-0.25, -0.2) is 0 Å². The van der Waals surface area contributed by atoms with Crippen LogP contribution in [0.5, 0.6) is 0 Å². The number of rotatable bonds is 3. The maximum atomic E-state index is 11.0. The standard InChI is InChI=1S/C11H13NO2S/c13-8-11-2-1-10(15-11)7-12-5-3-9(14)4-6-12/h1-2,8H,3-7H2. The van der Waals surface area contributed by atoms with Crippen LogP contribution in [0, 0.1) is 0 Å². The zero-order valence-corrected chi connectivity index (χ0v) is 9.26. The number of hydrogen-bond donors (Lipinski definition) is 0. The van der Waals surface area contributed by atoms with Gasteiger partial charge < -0.3 is 0 Å². The van der Waals surface area contributed by atoms with E-state index >= 15 is 0 Å². The lowest BCUT2D eigenvalue weighted by Gasteiger charge is -2.24. The van der Waals surface area contributed by atoms with Gasteiger partial charge in [-0.3, -0.25) is 14.5 Å². The van der Waals surface area contributed by atoms with Crippen molar-refractivity contribution in [2.24, 2.45) is 0 Å². The van der Waals surface area contributed by atoms with Gasteiger partial charge in [0.15, 0.2) is 6.29 Å². The van der Waals surface area contributed by atoms with Gasteiger partial charge in [0, 0.05) is 37.4 Å². The lowest BCUT2D eigenvalue weighted by atomic mass is 10.1. The monoisotopic (exact) mass is 223 g/mol. The van der Waals surface area contributed by atoms with E-state index in [0.717, 1.165) is 30.8 Å². The molecule has 15 heavy (non-hydrogen) atoms. The summed E-state index contributed by atoms with van der Waals surface area (Å²) in [5.74, 6) is 0.367. The summed E-state index contributed by atoms with van der Waals surface area (Å²) >= 11 is 1.53. The third kappa shape index (κ3) is 2.73. The number of carbonyl (C=O) groups is 2. The molecule has 1 aliphatic rings. The Morgan fingerprint density at radius 2 is 2.07 bits per heavy atom. The normalized spacial score (nSPS) is 18.0. The van der Waals surface area contributed by atoms with E-state index in [9.17, 15) is 9.59 Å². The van der Waals surface area contributed by atoms with Crippen molar-refractivity contribution < 1.29 is 9.59 Å². The summed E-state index contributed by atoms with van der Waals surface area (Å²) in [7, 11) is 0. The lowest BCUT2D eigenvalue weighted by Crippen LogP contribution is -2.32. The van der Waals surface area contributed by atoms with Crippen LogP contribution < -0.4 is 0 Å². The fourth-order valence-corrected chi connectivity index (χ4v) is 2.59.